The number of fused-ring (bicyclic) bond motifs is 1. The van der Waals surface area contributed by atoms with Crippen LogP contribution in [-0.4, -0.2) is 41.6 Å². The van der Waals surface area contributed by atoms with Gasteiger partial charge in [-0.25, -0.2) is 14.2 Å². The van der Waals surface area contributed by atoms with Crippen LogP contribution in [0.2, 0.25) is 5.02 Å². The highest BCUT2D eigenvalue weighted by Gasteiger charge is 2.21. The van der Waals surface area contributed by atoms with Crippen molar-refractivity contribution in [3.63, 3.8) is 0 Å². The molecule has 12 heteroatoms. The molecule has 1 fully saturated rings. The van der Waals surface area contributed by atoms with E-state index in [1.807, 2.05) is 0 Å². The number of anilines is 1. The number of H-pyrrole nitrogens is 2. The van der Waals surface area contributed by atoms with Crippen LogP contribution < -0.4 is 21.7 Å². The summed E-state index contributed by atoms with van der Waals surface area (Å²) in [6.45, 7) is 0. The van der Waals surface area contributed by atoms with E-state index >= 15 is 0 Å². The Morgan fingerprint density at radius 2 is 2.16 bits per heavy atom. The Morgan fingerprint density at radius 1 is 1.34 bits per heavy atom. The number of benzene rings is 1. The molecule has 10 nitrogen and oxygen atoms in total. The molecule has 0 aliphatic heterocycles. The molecule has 1 aromatic carbocycles. The van der Waals surface area contributed by atoms with Crippen LogP contribution in [0.1, 0.15) is 28.9 Å². The average molecular weight is 456 g/mol. The van der Waals surface area contributed by atoms with Gasteiger partial charge in [-0.1, -0.05) is 11.6 Å². The van der Waals surface area contributed by atoms with Crippen LogP contribution in [0.4, 0.5) is 10.2 Å². The van der Waals surface area contributed by atoms with Gasteiger partial charge in [0, 0.05) is 16.3 Å². The van der Waals surface area contributed by atoms with E-state index in [9.17, 15) is 19.1 Å². The molecule has 3 heterocycles. The van der Waals surface area contributed by atoms with Gasteiger partial charge < -0.3 is 15.4 Å². The lowest BCUT2D eigenvalue weighted by Crippen LogP contribution is -2.22. The van der Waals surface area contributed by atoms with Crippen LogP contribution in [0.3, 0.4) is 0 Å². The van der Waals surface area contributed by atoms with Gasteiger partial charge in [-0.05, 0) is 37.1 Å². The number of hydrogen-bond acceptors (Lipinski definition) is 6. The van der Waals surface area contributed by atoms with Gasteiger partial charge in [-0.3, -0.25) is 14.8 Å². The number of nitrogens with one attached hydrogen (secondary N) is 3. The molecule has 0 bridgehead atoms. The fraction of sp³-hybridized carbons (Fsp3) is 0.150. The minimum atomic E-state index is -0.725. The second kappa shape index (κ2) is 7.61. The Balaban J connectivity index is 1.63. The summed E-state index contributed by atoms with van der Waals surface area (Å²) in [6.07, 6.45) is 4.85. The van der Waals surface area contributed by atoms with E-state index in [1.165, 1.54) is 35.0 Å². The van der Waals surface area contributed by atoms with Crippen molar-refractivity contribution in [3.05, 3.63) is 73.8 Å². The summed E-state index contributed by atoms with van der Waals surface area (Å²) in [4.78, 5) is 37.7. The number of halogens is 2. The summed E-state index contributed by atoms with van der Waals surface area (Å²) >= 11 is 5.89. The Morgan fingerprint density at radius 3 is 2.88 bits per heavy atom. The fourth-order valence-corrected chi connectivity index (χ4v) is 3.29. The first-order valence-corrected chi connectivity index (χ1v) is 9.97. The van der Waals surface area contributed by atoms with Gasteiger partial charge in [-0.2, -0.15) is 9.61 Å². The molecule has 0 radical (unpaired) electrons. The van der Waals surface area contributed by atoms with E-state index < -0.39 is 17.4 Å². The van der Waals surface area contributed by atoms with E-state index in [0.29, 0.717) is 16.4 Å². The molecule has 1 amide bonds. The molecule has 162 valence electrons. The van der Waals surface area contributed by atoms with Crippen LogP contribution in [0.15, 0.2) is 40.2 Å². The number of aromatic hydroxyl groups is 1. The van der Waals surface area contributed by atoms with Crippen LogP contribution in [0.5, 0.6) is 5.88 Å². The Bertz CT molecular complexity index is 1550. The number of rotatable bonds is 4. The molecule has 1 aliphatic carbocycles. The van der Waals surface area contributed by atoms with Gasteiger partial charge in [-0.15, -0.1) is 0 Å². The van der Waals surface area contributed by atoms with Crippen molar-refractivity contribution < 1.29 is 14.3 Å². The topological polar surface area (TPSA) is 141 Å². The third-order valence-corrected chi connectivity index (χ3v) is 5.03. The van der Waals surface area contributed by atoms with E-state index in [4.69, 9.17) is 11.6 Å². The third kappa shape index (κ3) is 3.85. The molecular weight excluding hydrogens is 441 g/mol. The van der Waals surface area contributed by atoms with Crippen molar-refractivity contribution in [1.82, 2.24) is 24.6 Å². The molecule has 0 spiro atoms. The summed E-state index contributed by atoms with van der Waals surface area (Å²) in [7, 11) is 0. The molecule has 0 atom stereocenters. The summed E-state index contributed by atoms with van der Waals surface area (Å²) in [5.41, 5.74) is 0.109. The largest absolute Gasteiger partial charge is 0.493 e. The number of carbonyl (C=O) groups is 1. The SMILES string of the molecule is O=C(Nc1cc(=NC2CC2)n2nc/c(=C/c3[nH]c(=O)[nH]c3O)c2n1)c1cc(Cl)ccc1F. The molecule has 1 aliphatic rings. The minimum Gasteiger partial charge on any atom is -0.493 e. The van der Waals surface area contributed by atoms with Crippen LogP contribution in [0, 0.1) is 5.82 Å². The first kappa shape index (κ1) is 19.9. The van der Waals surface area contributed by atoms with Gasteiger partial charge in [0.25, 0.3) is 5.91 Å². The zero-order valence-electron chi connectivity index (χ0n) is 16.3. The van der Waals surface area contributed by atoms with Crippen molar-refractivity contribution in [1.29, 1.82) is 0 Å². The lowest BCUT2D eigenvalue weighted by Gasteiger charge is -2.07. The smallest absolute Gasteiger partial charge is 0.326 e. The molecule has 4 N–H and O–H groups in total. The van der Waals surface area contributed by atoms with Gasteiger partial charge in [0.15, 0.2) is 11.1 Å². The van der Waals surface area contributed by atoms with Gasteiger partial charge >= 0.3 is 5.69 Å². The number of imidazole rings is 1. The molecule has 1 saturated carbocycles. The predicted molar refractivity (Wildman–Crippen MR) is 113 cm³/mol. The zero-order valence-corrected chi connectivity index (χ0v) is 17.0. The van der Waals surface area contributed by atoms with E-state index in [-0.39, 0.29) is 34.0 Å². The van der Waals surface area contributed by atoms with Crippen LogP contribution in [0.25, 0.3) is 11.7 Å². The second-order valence-corrected chi connectivity index (χ2v) is 7.70. The molecular formula is C20H15ClFN7O3. The van der Waals surface area contributed by atoms with Gasteiger partial charge in [0.05, 0.1) is 17.8 Å². The predicted octanol–water partition coefficient (Wildman–Crippen LogP) is 1.11. The number of hydrogen-bond donors (Lipinski definition) is 4. The van der Waals surface area contributed by atoms with Crippen LogP contribution >= 0.6 is 11.6 Å². The normalized spacial score (nSPS) is 14.9. The highest BCUT2D eigenvalue weighted by atomic mass is 35.5. The lowest BCUT2D eigenvalue weighted by molar-refractivity contribution is 0.102. The van der Waals surface area contributed by atoms with Crippen molar-refractivity contribution >= 4 is 35.0 Å². The number of nitrogens with zero attached hydrogens (tertiary/aromatic N) is 4. The summed E-state index contributed by atoms with van der Waals surface area (Å²) in [5.74, 6) is -1.65. The molecule has 32 heavy (non-hydrogen) atoms. The van der Waals surface area contributed by atoms with Crippen molar-refractivity contribution in [2.45, 2.75) is 18.9 Å². The lowest BCUT2D eigenvalue weighted by atomic mass is 10.2. The summed E-state index contributed by atoms with van der Waals surface area (Å²) in [5, 5.41) is 17.4. The molecule has 0 unspecified atom stereocenters. The monoisotopic (exact) mass is 455 g/mol. The first-order valence-electron chi connectivity index (χ1n) is 9.59. The van der Waals surface area contributed by atoms with E-state index in [0.717, 1.165) is 18.9 Å². The molecule has 0 saturated heterocycles. The first-order chi connectivity index (χ1) is 15.4. The molecule has 4 aromatic rings. The van der Waals surface area contributed by atoms with Crippen molar-refractivity contribution in [2.75, 3.05) is 5.32 Å². The van der Waals surface area contributed by atoms with Crippen LogP contribution in [-0.2, 0) is 0 Å². The van der Waals surface area contributed by atoms with E-state index in [2.05, 4.69) is 30.4 Å². The second-order valence-electron chi connectivity index (χ2n) is 7.26. The quantitative estimate of drug-likeness (QED) is 0.365. The fourth-order valence-electron chi connectivity index (χ4n) is 3.12. The van der Waals surface area contributed by atoms with Gasteiger partial charge in [0.1, 0.15) is 17.3 Å². The third-order valence-electron chi connectivity index (χ3n) is 4.79. The van der Waals surface area contributed by atoms with E-state index in [1.54, 1.807) is 0 Å². The molecule has 5 rings (SSSR count). The summed E-state index contributed by atoms with van der Waals surface area (Å²) < 4.78 is 15.6. The van der Waals surface area contributed by atoms with Crippen molar-refractivity contribution in [2.24, 2.45) is 4.99 Å². The maximum absolute atomic E-state index is 14.1. The number of carbonyl (C=O) groups excluding carboxylic acids is 1. The maximum atomic E-state index is 14.1. The Labute approximate surface area is 183 Å². The molecule has 3 aromatic heterocycles. The minimum absolute atomic E-state index is 0.128. The zero-order chi connectivity index (χ0) is 22.4. The maximum Gasteiger partial charge on any atom is 0.326 e. The number of aromatic amines is 2. The summed E-state index contributed by atoms with van der Waals surface area (Å²) in [6, 6.07) is 5.37. The Hall–Kier alpha value is -3.99. The standard InChI is InChI=1S/C20H15ClFN7O3/c21-10-1-4-13(22)12(6-10)18(30)27-15-7-16(24-11-2-3-11)29-17(26-15)9(8-23-29)5-14-19(31)28-20(32)25-14/h1,4-8,11,31H,2-3H2,(H,27,30)(H2,25,28,32)/b9-5-,24-16?. The number of amides is 1. The number of aromatic nitrogens is 5. The highest BCUT2D eigenvalue weighted by molar-refractivity contribution is 6.31. The van der Waals surface area contributed by atoms with Gasteiger partial charge in [0.2, 0.25) is 5.88 Å². The Kier molecular flexibility index (Phi) is 4.74. The highest BCUT2D eigenvalue weighted by Crippen LogP contribution is 2.22. The van der Waals surface area contributed by atoms with Crippen molar-refractivity contribution in [3.8, 4) is 5.88 Å². The average Bonchev–Trinajstić information content (AvgIpc) is 3.38.